The van der Waals surface area contributed by atoms with Crippen LogP contribution in [0.3, 0.4) is 0 Å². The van der Waals surface area contributed by atoms with Crippen molar-refractivity contribution >= 4 is 11.6 Å². The van der Waals surface area contributed by atoms with Crippen LogP contribution in [0.25, 0.3) is 11.3 Å². The molecule has 2 aromatic rings. The zero-order chi connectivity index (χ0) is 17.9. The minimum atomic E-state index is -0.0919. The van der Waals surface area contributed by atoms with Gasteiger partial charge >= 0.3 is 0 Å². The van der Waals surface area contributed by atoms with E-state index in [2.05, 4.69) is 20.4 Å². The highest BCUT2D eigenvalue weighted by Crippen LogP contribution is 2.29. The summed E-state index contributed by atoms with van der Waals surface area (Å²) < 4.78 is 6.15. The second kappa shape index (κ2) is 7.41. The molecular formula is C20H24N4O2. The van der Waals surface area contributed by atoms with Gasteiger partial charge in [0.25, 0.3) is 0 Å². The maximum absolute atomic E-state index is 11.2. The highest BCUT2D eigenvalue weighted by molar-refractivity contribution is 5.89. The van der Waals surface area contributed by atoms with Gasteiger partial charge in [-0.05, 0) is 44.0 Å². The van der Waals surface area contributed by atoms with Gasteiger partial charge in [0.05, 0.1) is 5.69 Å². The van der Waals surface area contributed by atoms with E-state index >= 15 is 0 Å². The van der Waals surface area contributed by atoms with Crippen LogP contribution in [0.4, 0.5) is 5.69 Å². The fraction of sp³-hybridized carbons (Fsp3) is 0.450. The van der Waals surface area contributed by atoms with Crippen LogP contribution in [0.2, 0.25) is 0 Å². The lowest BCUT2D eigenvalue weighted by molar-refractivity contribution is -0.114. The van der Waals surface area contributed by atoms with E-state index < -0.39 is 0 Å². The largest absolute Gasteiger partial charge is 0.473 e. The minimum absolute atomic E-state index is 0.0919. The average molecular weight is 352 g/mol. The molecule has 0 saturated carbocycles. The van der Waals surface area contributed by atoms with Crippen LogP contribution in [0.5, 0.6) is 5.88 Å². The molecule has 0 aliphatic carbocycles. The van der Waals surface area contributed by atoms with E-state index in [9.17, 15) is 4.79 Å². The first-order chi connectivity index (χ1) is 12.7. The molecule has 3 heterocycles. The molecule has 1 N–H and O–H groups in total. The third kappa shape index (κ3) is 3.85. The number of carbonyl (C=O) groups is 1. The molecule has 0 radical (unpaired) electrons. The Bertz CT molecular complexity index is 778. The van der Waals surface area contributed by atoms with E-state index in [1.807, 2.05) is 36.4 Å². The molecule has 2 aliphatic heterocycles. The number of nitrogens with zero attached hydrogens (tertiary/aromatic N) is 3. The van der Waals surface area contributed by atoms with Crippen LogP contribution >= 0.6 is 0 Å². The predicted molar refractivity (Wildman–Crippen MR) is 100.0 cm³/mol. The molecule has 3 unspecified atom stereocenters. The maximum atomic E-state index is 11.2. The number of benzene rings is 1. The normalized spacial score (nSPS) is 24.7. The van der Waals surface area contributed by atoms with E-state index in [4.69, 9.17) is 4.74 Å². The van der Waals surface area contributed by atoms with Crippen molar-refractivity contribution < 1.29 is 9.53 Å². The van der Waals surface area contributed by atoms with E-state index in [1.54, 1.807) is 0 Å². The Balaban J connectivity index is 1.44. The summed E-state index contributed by atoms with van der Waals surface area (Å²) in [5.74, 6) is 1.11. The van der Waals surface area contributed by atoms with Crippen molar-refractivity contribution in [2.45, 2.75) is 32.3 Å². The topological polar surface area (TPSA) is 67.3 Å². The van der Waals surface area contributed by atoms with Crippen molar-refractivity contribution in [3.8, 4) is 17.1 Å². The number of rotatable bonds is 4. The fourth-order valence-electron chi connectivity index (χ4n) is 3.95. The summed E-state index contributed by atoms with van der Waals surface area (Å²) in [5, 5.41) is 11.4. The van der Waals surface area contributed by atoms with Gasteiger partial charge in [0, 0.05) is 43.2 Å². The molecule has 2 fully saturated rings. The zero-order valence-electron chi connectivity index (χ0n) is 15.0. The highest BCUT2D eigenvalue weighted by atomic mass is 16.5. The third-order valence-electron chi connectivity index (χ3n) is 5.19. The summed E-state index contributed by atoms with van der Waals surface area (Å²) >= 11 is 0. The molecule has 1 aromatic carbocycles. The summed E-state index contributed by atoms with van der Waals surface area (Å²) in [7, 11) is 0. The Kier molecular flexibility index (Phi) is 4.84. The van der Waals surface area contributed by atoms with Gasteiger partial charge in [-0.25, -0.2) is 0 Å². The molecule has 6 heteroatoms. The van der Waals surface area contributed by atoms with Crippen LogP contribution in [0, 0.1) is 5.92 Å². The molecular weight excluding hydrogens is 328 g/mol. The van der Waals surface area contributed by atoms with Crippen LogP contribution in [-0.4, -0.2) is 46.7 Å². The van der Waals surface area contributed by atoms with Gasteiger partial charge in [-0.1, -0.05) is 12.1 Å². The average Bonchev–Trinajstić information content (AvgIpc) is 2.65. The lowest BCUT2D eigenvalue weighted by Gasteiger charge is -2.42. The van der Waals surface area contributed by atoms with E-state index in [1.165, 1.54) is 26.3 Å². The number of ether oxygens (including phenoxy) is 1. The van der Waals surface area contributed by atoms with E-state index in [0.717, 1.165) is 36.5 Å². The third-order valence-corrected chi connectivity index (χ3v) is 5.19. The number of aromatic nitrogens is 2. The van der Waals surface area contributed by atoms with Gasteiger partial charge in [-0.15, -0.1) is 10.2 Å². The number of hydrogen-bond acceptors (Lipinski definition) is 5. The van der Waals surface area contributed by atoms with Crippen molar-refractivity contribution in [1.29, 1.82) is 0 Å². The van der Waals surface area contributed by atoms with Crippen molar-refractivity contribution in [3.05, 3.63) is 36.4 Å². The standard InChI is InChI=1S/C20H24N4O2/c1-14(25)21-17-6-2-4-15(12-17)18-7-8-20(23-22-18)26-19-9-11-24-10-3-5-16(19)13-24/h2,4,6-8,12,16,19H,3,5,9-11,13H2,1H3,(H,21,25). The molecule has 3 atom stereocenters. The molecule has 26 heavy (non-hydrogen) atoms. The number of hydrogen-bond donors (Lipinski definition) is 1. The van der Waals surface area contributed by atoms with E-state index in [0.29, 0.717) is 11.8 Å². The van der Waals surface area contributed by atoms with Crippen LogP contribution in [-0.2, 0) is 4.79 Å². The molecule has 6 nitrogen and oxygen atoms in total. The van der Waals surface area contributed by atoms with Gasteiger partial charge in [0.1, 0.15) is 6.10 Å². The Morgan fingerprint density at radius 3 is 2.92 bits per heavy atom. The molecule has 4 rings (SSSR count). The summed E-state index contributed by atoms with van der Waals surface area (Å²) in [5.41, 5.74) is 2.43. The second-order valence-electron chi connectivity index (χ2n) is 7.17. The first-order valence-corrected chi connectivity index (χ1v) is 9.28. The van der Waals surface area contributed by atoms with E-state index in [-0.39, 0.29) is 12.0 Å². The monoisotopic (exact) mass is 352 g/mol. The predicted octanol–water partition coefficient (Wildman–Crippen LogP) is 2.97. The summed E-state index contributed by atoms with van der Waals surface area (Å²) in [6.07, 6.45) is 3.81. The highest BCUT2D eigenvalue weighted by Gasteiger charge is 2.33. The number of amides is 1. The first kappa shape index (κ1) is 17.0. The molecule has 2 bridgehead atoms. The van der Waals surface area contributed by atoms with Gasteiger partial charge in [0.15, 0.2) is 0 Å². The summed E-state index contributed by atoms with van der Waals surface area (Å²) in [6, 6.07) is 11.4. The molecule has 1 amide bonds. The van der Waals surface area contributed by atoms with Gasteiger partial charge in [-0.3, -0.25) is 4.79 Å². The van der Waals surface area contributed by atoms with Gasteiger partial charge in [0.2, 0.25) is 11.8 Å². The molecule has 0 spiro atoms. The molecule has 2 saturated heterocycles. The second-order valence-corrected chi connectivity index (χ2v) is 7.17. The zero-order valence-corrected chi connectivity index (χ0v) is 15.0. The Hall–Kier alpha value is -2.47. The lowest BCUT2D eigenvalue weighted by atomic mass is 9.87. The Labute approximate surface area is 153 Å². The first-order valence-electron chi connectivity index (χ1n) is 9.28. The van der Waals surface area contributed by atoms with Crippen molar-refractivity contribution in [2.24, 2.45) is 5.92 Å². The van der Waals surface area contributed by atoms with Crippen molar-refractivity contribution in [2.75, 3.05) is 25.0 Å². The smallest absolute Gasteiger partial charge is 0.233 e. The fourth-order valence-corrected chi connectivity index (χ4v) is 3.95. The van der Waals surface area contributed by atoms with Crippen LogP contribution in [0.1, 0.15) is 26.2 Å². The van der Waals surface area contributed by atoms with Crippen LogP contribution in [0.15, 0.2) is 36.4 Å². The minimum Gasteiger partial charge on any atom is -0.473 e. The number of piperidine rings is 2. The van der Waals surface area contributed by atoms with Gasteiger partial charge < -0.3 is 15.0 Å². The van der Waals surface area contributed by atoms with Crippen LogP contribution < -0.4 is 10.1 Å². The number of fused-ring (bicyclic) bond motifs is 2. The number of anilines is 1. The Morgan fingerprint density at radius 2 is 2.12 bits per heavy atom. The lowest BCUT2D eigenvalue weighted by Crippen LogP contribution is -2.49. The quantitative estimate of drug-likeness (QED) is 0.916. The SMILES string of the molecule is CC(=O)Nc1cccc(-c2ccc(OC3CCN4CCCC3C4)nn2)c1. The number of nitrogens with one attached hydrogen (secondary N) is 1. The Morgan fingerprint density at radius 1 is 1.19 bits per heavy atom. The summed E-state index contributed by atoms with van der Waals surface area (Å²) in [6.45, 7) is 4.99. The maximum Gasteiger partial charge on any atom is 0.233 e. The molecule has 1 aromatic heterocycles. The number of carbonyl (C=O) groups excluding carboxylic acids is 1. The van der Waals surface area contributed by atoms with Crippen molar-refractivity contribution in [3.63, 3.8) is 0 Å². The molecule has 2 aliphatic rings. The molecule has 136 valence electrons. The van der Waals surface area contributed by atoms with Gasteiger partial charge in [-0.2, -0.15) is 0 Å². The summed E-state index contributed by atoms with van der Waals surface area (Å²) in [4.78, 5) is 13.7. The van der Waals surface area contributed by atoms with Crippen molar-refractivity contribution in [1.82, 2.24) is 15.1 Å².